The summed E-state index contributed by atoms with van der Waals surface area (Å²) in [6.45, 7) is 3.21. The second kappa shape index (κ2) is 3.97. The molecule has 1 unspecified atom stereocenters. The van der Waals surface area contributed by atoms with E-state index in [1.807, 2.05) is 0 Å². The molecule has 0 N–H and O–H groups in total. The number of rotatable bonds is 2. The minimum atomic E-state index is -0.696. The third-order valence-electron chi connectivity index (χ3n) is 1.12. The molecule has 0 aromatic rings. The van der Waals surface area contributed by atoms with E-state index in [-0.39, 0.29) is 5.03 Å². The van der Waals surface area contributed by atoms with Crippen LogP contribution >= 0.6 is 11.6 Å². The molecule has 0 fully saturated rings. The van der Waals surface area contributed by atoms with E-state index in [1.165, 1.54) is 6.26 Å². The zero-order valence-corrected chi connectivity index (χ0v) is 6.95. The van der Waals surface area contributed by atoms with Crippen LogP contribution in [0.2, 0.25) is 0 Å². The number of hydrogen-bond donors (Lipinski definition) is 0. The lowest BCUT2D eigenvalue weighted by atomic mass is 10.4. The zero-order valence-electron chi connectivity index (χ0n) is 6.20. The van der Waals surface area contributed by atoms with Crippen LogP contribution in [0.5, 0.6) is 0 Å². The Morgan fingerprint density at radius 1 is 1.58 bits per heavy atom. The lowest BCUT2D eigenvalue weighted by Gasteiger charge is -2.14. The Hall–Kier alpha value is -1.22. The van der Waals surface area contributed by atoms with Crippen LogP contribution in [-0.4, -0.2) is 12.3 Å². The van der Waals surface area contributed by atoms with Crippen molar-refractivity contribution in [1.29, 1.82) is 0 Å². The van der Waals surface area contributed by atoms with Gasteiger partial charge in [-0.1, -0.05) is 24.3 Å². The second-order valence-corrected chi connectivity index (χ2v) is 2.48. The first-order chi connectivity index (χ1) is 5.70. The summed E-state index contributed by atoms with van der Waals surface area (Å²) in [7, 11) is 0. The third-order valence-corrected chi connectivity index (χ3v) is 1.27. The first kappa shape index (κ1) is 8.87. The fraction of sp³-hybridized carbons (Fsp3) is 0.125. The molecule has 0 aromatic carbocycles. The lowest BCUT2D eigenvalue weighted by molar-refractivity contribution is -0.156. The van der Waals surface area contributed by atoms with Crippen LogP contribution in [0.3, 0.4) is 0 Å². The average Bonchev–Trinajstić information content (AvgIpc) is 2.06. The van der Waals surface area contributed by atoms with Crippen LogP contribution in [0, 0.1) is 0 Å². The van der Waals surface area contributed by atoms with Gasteiger partial charge in [0.2, 0.25) is 0 Å². The largest absolute Gasteiger partial charge is 0.459 e. The average molecular weight is 187 g/mol. The van der Waals surface area contributed by atoms with E-state index in [0.717, 1.165) is 0 Å². The van der Waals surface area contributed by atoms with Gasteiger partial charge in [-0.3, -0.25) is 0 Å². The fourth-order valence-electron chi connectivity index (χ4n) is 0.605. The molecule has 0 spiro atoms. The van der Waals surface area contributed by atoms with E-state index in [9.17, 15) is 4.79 Å². The molecule has 0 aliphatic carbocycles. The zero-order chi connectivity index (χ0) is 8.97. The predicted molar refractivity (Wildman–Crippen MR) is 44.2 cm³/mol. The second-order valence-electron chi connectivity index (χ2n) is 2.03. The number of halogens is 1. The smallest absolute Gasteiger partial charge is 0.352 e. The normalized spacial score (nSPS) is 19.9. The van der Waals surface area contributed by atoms with Crippen molar-refractivity contribution in [2.75, 3.05) is 0 Å². The van der Waals surface area contributed by atoms with E-state index < -0.39 is 12.3 Å². The van der Waals surface area contributed by atoms with Crippen LogP contribution in [-0.2, 0) is 14.3 Å². The van der Waals surface area contributed by atoms with E-state index >= 15 is 0 Å². The number of carbonyl (C=O) groups is 1. The molecule has 3 nitrogen and oxygen atoms in total. The van der Waals surface area contributed by atoms with Crippen molar-refractivity contribution < 1.29 is 14.3 Å². The van der Waals surface area contributed by atoms with Crippen molar-refractivity contribution in [3.8, 4) is 0 Å². The highest BCUT2D eigenvalue weighted by molar-refractivity contribution is 6.40. The molecule has 64 valence electrons. The molecule has 12 heavy (non-hydrogen) atoms. The molecule has 0 aromatic heterocycles. The summed E-state index contributed by atoms with van der Waals surface area (Å²) >= 11 is 5.28. The molecular formula is C8H7ClO3. The molecular weight excluding hydrogens is 180 g/mol. The van der Waals surface area contributed by atoms with Gasteiger partial charge in [0.15, 0.2) is 0 Å². The Bertz CT molecular complexity index is 255. The van der Waals surface area contributed by atoms with Crippen LogP contribution in [0.15, 0.2) is 36.1 Å². The van der Waals surface area contributed by atoms with Gasteiger partial charge in [0, 0.05) is 0 Å². The summed E-state index contributed by atoms with van der Waals surface area (Å²) in [5.41, 5.74) is 0. The first-order valence-electron chi connectivity index (χ1n) is 3.24. The molecule has 1 heterocycles. The summed E-state index contributed by atoms with van der Waals surface area (Å²) < 4.78 is 9.61. The number of ether oxygens (including phenoxy) is 2. The number of allylic oxidation sites excluding steroid dienone is 2. The molecule has 4 heteroatoms. The Labute approximate surface area is 74.9 Å². The Balaban J connectivity index is 2.42. The molecule has 1 aliphatic rings. The number of esters is 1. The Kier molecular flexibility index (Phi) is 2.94. The van der Waals surface area contributed by atoms with Crippen molar-refractivity contribution >= 4 is 17.6 Å². The van der Waals surface area contributed by atoms with Gasteiger partial charge < -0.3 is 9.47 Å². The highest BCUT2D eigenvalue weighted by Crippen LogP contribution is 2.08. The third kappa shape index (κ3) is 2.43. The predicted octanol–water partition coefficient (Wildman–Crippen LogP) is 1.71. The van der Waals surface area contributed by atoms with E-state index in [4.69, 9.17) is 21.1 Å². The fourth-order valence-corrected chi connectivity index (χ4v) is 0.649. The quantitative estimate of drug-likeness (QED) is 0.487. The summed E-state index contributed by atoms with van der Waals surface area (Å²) in [5, 5.41) is -0.165. The standard InChI is InChI=1S/C8H7ClO3/c1-6(9)8(10)12-7-4-2-3-5-11-7/h2-5,7H,1H2. The van der Waals surface area contributed by atoms with Gasteiger partial charge in [0.25, 0.3) is 6.29 Å². The monoisotopic (exact) mass is 186 g/mol. The van der Waals surface area contributed by atoms with E-state index in [2.05, 4.69) is 6.58 Å². The topological polar surface area (TPSA) is 35.5 Å². The molecule has 0 bridgehead atoms. The summed E-state index contributed by atoms with van der Waals surface area (Å²) in [5.74, 6) is -0.679. The SMILES string of the molecule is C=C(Cl)C(=O)OC1C=CC=CO1. The molecule has 0 radical (unpaired) electrons. The van der Waals surface area contributed by atoms with Gasteiger partial charge >= 0.3 is 5.97 Å². The summed E-state index contributed by atoms with van der Waals surface area (Å²) in [4.78, 5) is 10.8. The lowest BCUT2D eigenvalue weighted by Crippen LogP contribution is -2.18. The molecule has 1 atom stereocenters. The Morgan fingerprint density at radius 3 is 2.83 bits per heavy atom. The van der Waals surface area contributed by atoms with Gasteiger partial charge in [0.1, 0.15) is 5.03 Å². The minimum Gasteiger partial charge on any atom is -0.459 e. The van der Waals surface area contributed by atoms with E-state index in [0.29, 0.717) is 0 Å². The van der Waals surface area contributed by atoms with Crippen molar-refractivity contribution in [2.24, 2.45) is 0 Å². The molecule has 1 rings (SSSR count). The molecule has 0 saturated heterocycles. The van der Waals surface area contributed by atoms with E-state index in [1.54, 1.807) is 18.2 Å². The van der Waals surface area contributed by atoms with Crippen molar-refractivity contribution in [2.45, 2.75) is 6.29 Å². The van der Waals surface area contributed by atoms with Crippen LogP contribution < -0.4 is 0 Å². The molecule has 0 amide bonds. The highest BCUT2D eigenvalue weighted by atomic mass is 35.5. The maximum absolute atomic E-state index is 10.8. The number of hydrogen-bond acceptors (Lipinski definition) is 3. The first-order valence-corrected chi connectivity index (χ1v) is 3.62. The highest BCUT2D eigenvalue weighted by Gasteiger charge is 2.13. The minimum absolute atomic E-state index is 0.165. The number of carbonyl (C=O) groups excluding carboxylic acids is 1. The van der Waals surface area contributed by atoms with Gasteiger partial charge in [-0.25, -0.2) is 4.79 Å². The van der Waals surface area contributed by atoms with Crippen molar-refractivity contribution in [3.05, 3.63) is 36.1 Å². The van der Waals surface area contributed by atoms with Gasteiger partial charge in [-0.15, -0.1) is 0 Å². The Morgan fingerprint density at radius 2 is 2.33 bits per heavy atom. The van der Waals surface area contributed by atoms with Gasteiger partial charge in [-0.05, 0) is 12.2 Å². The van der Waals surface area contributed by atoms with Crippen LogP contribution in [0.4, 0.5) is 0 Å². The van der Waals surface area contributed by atoms with Crippen molar-refractivity contribution in [3.63, 3.8) is 0 Å². The maximum Gasteiger partial charge on any atom is 0.352 e. The summed E-state index contributed by atoms with van der Waals surface area (Å²) in [6.07, 6.45) is 5.70. The van der Waals surface area contributed by atoms with Gasteiger partial charge in [0.05, 0.1) is 6.26 Å². The van der Waals surface area contributed by atoms with Crippen molar-refractivity contribution in [1.82, 2.24) is 0 Å². The van der Waals surface area contributed by atoms with Crippen LogP contribution in [0.1, 0.15) is 0 Å². The maximum atomic E-state index is 10.8. The van der Waals surface area contributed by atoms with Crippen LogP contribution in [0.25, 0.3) is 0 Å². The summed E-state index contributed by atoms with van der Waals surface area (Å²) in [6, 6.07) is 0. The molecule has 0 saturated carbocycles. The molecule has 1 aliphatic heterocycles. The van der Waals surface area contributed by atoms with Gasteiger partial charge in [-0.2, -0.15) is 0 Å².